The molecule has 0 aromatic carbocycles. The third-order valence-corrected chi connectivity index (χ3v) is 5.16. The highest BCUT2D eigenvalue weighted by Crippen LogP contribution is 2.18. The van der Waals surface area contributed by atoms with Gasteiger partial charge in [-0.05, 0) is 45.8 Å². The highest BCUT2D eigenvalue weighted by molar-refractivity contribution is 5.78. The zero-order valence-electron chi connectivity index (χ0n) is 15.0. The van der Waals surface area contributed by atoms with Gasteiger partial charge in [0.1, 0.15) is 0 Å². The Morgan fingerprint density at radius 3 is 2.48 bits per heavy atom. The molecule has 0 bridgehead atoms. The second-order valence-corrected chi connectivity index (χ2v) is 6.85. The predicted octanol–water partition coefficient (Wildman–Crippen LogP) is -0.328. The number of hydrogen-bond donors (Lipinski definition) is 2. The summed E-state index contributed by atoms with van der Waals surface area (Å²) >= 11 is 0. The first kappa shape index (κ1) is 18.6. The van der Waals surface area contributed by atoms with E-state index in [2.05, 4.69) is 27.4 Å². The Morgan fingerprint density at radius 1 is 1.17 bits per heavy atom. The second kappa shape index (κ2) is 10.2. The van der Waals surface area contributed by atoms with E-state index in [1.807, 2.05) is 11.9 Å². The molecule has 0 radical (unpaired) electrons. The molecule has 0 aliphatic carbocycles. The highest BCUT2D eigenvalue weighted by Gasteiger charge is 2.24. The largest absolute Gasteiger partial charge is 0.341 e. The summed E-state index contributed by atoms with van der Waals surface area (Å²) in [7, 11) is 1.93. The first-order valence-corrected chi connectivity index (χ1v) is 9.30. The number of piperidine rings is 1. The van der Waals surface area contributed by atoms with E-state index in [0.717, 1.165) is 51.7 Å². The van der Waals surface area contributed by atoms with Crippen molar-refractivity contribution in [2.75, 3.05) is 79.0 Å². The Morgan fingerprint density at radius 2 is 1.87 bits per heavy atom. The van der Waals surface area contributed by atoms with Gasteiger partial charge in [0, 0.05) is 52.4 Å². The van der Waals surface area contributed by atoms with Crippen LogP contribution in [0.15, 0.2) is 0 Å². The van der Waals surface area contributed by atoms with E-state index in [1.54, 1.807) is 0 Å². The summed E-state index contributed by atoms with van der Waals surface area (Å²) in [5.41, 5.74) is 0. The van der Waals surface area contributed by atoms with Crippen molar-refractivity contribution in [2.45, 2.75) is 19.8 Å². The van der Waals surface area contributed by atoms with Gasteiger partial charge in [0.2, 0.25) is 5.91 Å². The Balaban J connectivity index is 1.66. The lowest BCUT2D eigenvalue weighted by Crippen LogP contribution is -2.48. The van der Waals surface area contributed by atoms with Crippen LogP contribution in [-0.4, -0.2) is 99.6 Å². The molecule has 134 valence electrons. The molecule has 2 N–H and O–H groups in total. The number of likely N-dealkylation sites (N-methyl/N-ethyl adjacent to an activating group) is 2. The second-order valence-electron chi connectivity index (χ2n) is 6.85. The topological polar surface area (TPSA) is 50.9 Å². The molecule has 0 saturated carbocycles. The Bertz CT molecular complexity index is 338. The molecule has 0 aromatic rings. The van der Waals surface area contributed by atoms with Crippen LogP contribution in [0.25, 0.3) is 0 Å². The van der Waals surface area contributed by atoms with Crippen LogP contribution in [0.1, 0.15) is 19.8 Å². The average Bonchev–Trinajstić information content (AvgIpc) is 2.58. The summed E-state index contributed by atoms with van der Waals surface area (Å²) in [6.07, 6.45) is 2.47. The molecular weight excluding hydrogens is 290 g/mol. The van der Waals surface area contributed by atoms with Crippen LogP contribution < -0.4 is 10.6 Å². The molecular formula is C17H35N5O. The maximum Gasteiger partial charge on any atom is 0.236 e. The zero-order chi connectivity index (χ0) is 16.5. The first-order valence-electron chi connectivity index (χ1n) is 9.30. The van der Waals surface area contributed by atoms with E-state index in [4.69, 9.17) is 0 Å². The van der Waals surface area contributed by atoms with Crippen LogP contribution in [0.5, 0.6) is 0 Å². The van der Waals surface area contributed by atoms with Crippen molar-refractivity contribution < 1.29 is 4.79 Å². The number of hydrogen-bond acceptors (Lipinski definition) is 5. The van der Waals surface area contributed by atoms with Gasteiger partial charge >= 0.3 is 0 Å². The molecule has 0 spiro atoms. The van der Waals surface area contributed by atoms with Gasteiger partial charge in [-0.15, -0.1) is 0 Å². The predicted molar refractivity (Wildman–Crippen MR) is 94.7 cm³/mol. The summed E-state index contributed by atoms with van der Waals surface area (Å²) in [4.78, 5) is 19.3. The third kappa shape index (κ3) is 6.37. The van der Waals surface area contributed by atoms with Gasteiger partial charge in [-0.1, -0.05) is 0 Å². The summed E-state index contributed by atoms with van der Waals surface area (Å²) in [6, 6.07) is 0. The van der Waals surface area contributed by atoms with E-state index >= 15 is 0 Å². The molecule has 23 heavy (non-hydrogen) atoms. The van der Waals surface area contributed by atoms with Crippen LogP contribution in [0, 0.1) is 5.92 Å². The summed E-state index contributed by atoms with van der Waals surface area (Å²) in [5.74, 6) is 1.09. The van der Waals surface area contributed by atoms with Gasteiger partial charge in [-0.3, -0.25) is 9.69 Å². The number of carbonyl (C=O) groups excluding carboxylic acids is 1. The molecule has 2 heterocycles. The maximum absolute atomic E-state index is 12.4. The Hall–Kier alpha value is -0.690. The maximum atomic E-state index is 12.4. The Kier molecular flexibility index (Phi) is 8.30. The minimum absolute atomic E-state index is 0.281. The van der Waals surface area contributed by atoms with Gasteiger partial charge in [-0.2, -0.15) is 0 Å². The van der Waals surface area contributed by atoms with Crippen LogP contribution >= 0.6 is 0 Å². The van der Waals surface area contributed by atoms with E-state index < -0.39 is 0 Å². The molecule has 1 amide bonds. The van der Waals surface area contributed by atoms with Crippen molar-refractivity contribution in [3.63, 3.8) is 0 Å². The fraction of sp³-hybridized carbons (Fsp3) is 0.941. The van der Waals surface area contributed by atoms with Crippen LogP contribution in [-0.2, 0) is 4.79 Å². The number of carbonyl (C=O) groups is 1. The fourth-order valence-electron chi connectivity index (χ4n) is 3.58. The van der Waals surface area contributed by atoms with Crippen molar-refractivity contribution in [2.24, 2.45) is 5.92 Å². The van der Waals surface area contributed by atoms with E-state index in [-0.39, 0.29) is 5.91 Å². The molecule has 2 aliphatic heterocycles. The molecule has 6 heteroatoms. The quantitative estimate of drug-likeness (QED) is 0.640. The molecule has 0 atom stereocenters. The van der Waals surface area contributed by atoms with Gasteiger partial charge in [0.05, 0.1) is 6.54 Å². The minimum Gasteiger partial charge on any atom is -0.341 e. The van der Waals surface area contributed by atoms with Crippen molar-refractivity contribution in [1.29, 1.82) is 0 Å². The number of rotatable bonds is 8. The molecule has 2 rings (SSSR count). The van der Waals surface area contributed by atoms with Gasteiger partial charge in [-0.25, -0.2) is 0 Å². The van der Waals surface area contributed by atoms with Gasteiger partial charge in [0.25, 0.3) is 0 Å². The van der Waals surface area contributed by atoms with Crippen molar-refractivity contribution in [3.8, 4) is 0 Å². The average molecular weight is 326 g/mol. The zero-order valence-corrected chi connectivity index (χ0v) is 15.0. The molecule has 2 saturated heterocycles. The van der Waals surface area contributed by atoms with Crippen LogP contribution in [0.2, 0.25) is 0 Å². The Labute approximate surface area is 141 Å². The fourth-order valence-corrected chi connectivity index (χ4v) is 3.58. The van der Waals surface area contributed by atoms with E-state index in [1.165, 1.54) is 32.5 Å². The summed E-state index contributed by atoms with van der Waals surface area (Å²) < 4.78 is 0. The number of nitrogens with zero attached hydrogens (tertiary/aromatic N) is 3. The molecule has 0 aromatic heterocycles. The monoisotopic (exact) mass is 325 g/mol. The van der Waals surface area contributed by atoms with E-state index in [9.17, 15) is 4.79 Å². The van der Waals surface area contributed by atoms with E-state index in [0.29, 0.717) is 6.54 Å². The lowest BCUT2D eigenvalue weighted by atomic mass is 9.96. The number of likely N-dealkylation sites (tertiary alicyclic amines) is 1. The number of amides is 1. The lowest BCUT2D eigenvalue weighted by molar-refractivity contribution is -0.132. The van der Waals surface area contributed by atoms with Gasteiger partial charge in [0.15, 0.2) is 0 Å². The van der Waals surface area contributed by atoms with Crippen molar-refractivity contribution in [1.82, 2.24) is 25.3 Å². The van der Waals surface area contributed by atoms with Crippen molar-refractivity contribution >= 4 is 5.91 Å². The number of piperazine rings is 1. The first-order chi connectivity index (χ1) is 11.2. The molecule has 2 aliphatic rings. The third-order valence-electron chi connectivity index (χ3n) is 5.16. The summed E-state index contributed by atoms with van der Waals surface area (Å²) in [5, 5.41) is 6.53. The van der Waals surface area contributed by atoms with Crippen LogP contribution in [0.3, 0.4) is 0 Å². The van der Waals surface area contributed by atoms with Crippen molar-refractivity contribution in [3.05, 3.63) is 0 Å². The standard InChI is InChI=1S/C17H35N5O/c1-3-22(13-6-18-2)17(23)15-20-9-4-16(5-10-20)14-21-11-7-19-8-12-21/h16,18-19H,3-15H2,1-2H3. The molecule has 6 nitrogen and oxygen atoms in total. The lowest BCUT2D eigenvalue weighted by Gasteiger charge is -2.36. The normalized spacial score (nSPS) is 21.5. The SMILES string of the molecule is CCN(CCNC)C(=O)CN1CCC(CN2CCNCC2)CC1. The van der Waals surface area contributed by atoms with Crippen LogP contribution in [0.4, 0.5) is 0 Å². The molecule has 0 unspecified atom stereocenters. The highest BCUT2D eigenvalue weighted by atomic mass is 16.2. The number of nitrogens with one attached hydrogen (secondary N) is 2. The minimum atomic E-state index is 0.281. The summed E-state index contributed by atoms with van der Waals surface area (Å²) in [6.45, 7) is 13.2. The van der Waals surface area contributed by atoms with Gasteiger partial charge < -0.3 is 20.4 Å². The smallest absolute Gasteiger partial charge is 0.236 e. The molecule has 2 fully saturated rings.